The second kappa shape index (κ2) is 12.9. The number of anilines is 1. The highest BCUT2D eigenvalue weighted by Gasteiger charge is 2.21. The van der Waals surface area contributed by atoms with E-state index in [1.807, 2.05) is 71.6 Å². The molecule has 3 aromatic rings. The first-order valence-electron chi connectivity index (χ1n) is 11.2. The SMILES string of the molecule is CN=C(NCc1ccc(OCc2ccccn2)cc1)NCc1ccc(N2CCCC2=O)cc1.I. The van der Waals surface area contributed by atoms with Crippen molar-refractivity contribution >= 4 is 41.5 Å². The number of hydrogen-bond acceptors (Lipinski definition) is 4. The van der Waals surface area contributed by atoms with Crippen LogP contribution in [0.25, 0.3) is 0 Å². The van der Waals surface area contributed by atoms with E-state index in [0.717, 1.165) is 47.2 Å². The van der Waals surface area contributed by atoms with Crippen molar-refractivity contribution in [3.8, 4) is 5.75 Å². The Bertz CT molecular complexity index is 1070. The van der Waals surface area contributed by atoms with E-state index in [0.29, 0.717) is 26.1 Å². The highest BCUT2D eigenvalue weighted by molar-refractivity contribution is 14.0. The van der Waals surface area contributed by atoms with E-state index in [4.69, 9.17) is 4.74 Å². The summed E-state index contributed by atoms with van der Waals surface area (Å²) in [6, 6.07) is 21.9. The molecule has 0 unspecified atom stereocenters. The van der Waals surface area contributed by atoms with Gasteiger partial charge in [-0.3, -0.25) is 14.8 Å². The largest absolute Gasteiger partial charge is 0.487 e. The fraction of sp³-hybridized carbons (Fsp3) is 0.269. The number of nitrogens with one attached hydrogen (secondary N) is 2. The van der Waals surface area contributed by atoms with Crippen LogP contribution in [0.5, 0.6) is 5.75 Å². The Morgan fingerprint density at radius 1 is 1.00 bits per heavy atom. The van der Waals surface area contributed by atoms with Gasteiger partial charge in [0, 0.05) is 45.0 Å². The fourth-order valence-corrected chi connectivity index (χ4v) is 3.65. The molecular formula is C26H30IN5O2. The van der Waals surface area contributed by atoms with Crippen LogP contribution >= 0.6 is 24.0 Å². The van der Waals surface area contributed by atoms with Gasteiger partial charge in [0.1, 0.15) is 12.4 Å². The first-order valence-corrected chi connectivity index (χ1v) is 11.2. The van der Waals surface area contributed by atoms with Crippen molar-refractivity contribution in [1.29, 1.82) is 0 Å². The summed E-state index contributed by atoms with van der Waals surface area (Å²) in [6.45, 7) is 2.55. The molecule has 0 radical (unpaired) electrons. The quantitative estimate of drug-likeness (QED) is 0.240. The van der Waals surface area contributed by atoms with Crippen LogP contribution in [0.4, 0.5) is 5.69 Å². The molecule has 1 aliphatic rings. The number of carbonyl (C=O) groups excluding carboxylic acids is 1. The number of carbonyl (C=O) groups is 1. The summed E-state index contributed by atoms with van der Waals surface area (Å²) in [5.74, 6) is 1.74. The van der Waals surface area contributed by atoms with Crippen LogP contribution in [0.1, 0.15) is 29.7 Å². The summed E-state index contributed by atoms with van der Waals surface area (Å²) in [4.78, 5) is 22.3. The standard InChI is InChI=1S/C26H29N5O2.HI/c1-27-26(29-17-20-7-11-23(12-8-20)31-16-4-6-25(31)32)30-18-21-9-13-24(14-10-21)33-19-22-5-2-3-15-28-22;/h2-3,5,7-15H,4,6,16-19H2,1H3,(H2,27,29,30);1H. The number of rotatable bonds is 8. The van der Waals surface area contributed by atoms with Crippen molar-refractivity contribution in [1.82, 2.24) is 15.6 Å². The summed E-state index contributed by atoms with van der Waals surface area (Å²) in [5.41, 5.74) is 4.12. The number of ether oxygens (including phenoxy) is 1. The summed E-state index contributed by atoms with van der Waals surface area (Å²) in [5, 5.41) is 6.66. The smallest absolute Gasteiger partial charge is 0.227 e. The van der Waals surface area contributed by atoms with E-state index in [-0.39, 0.29) is 29.9 Å². The van der Waals surface area contributed by atoms with Gasteiger partial charge in [-0.05, 0) is 53.9 Å². The Labute approximate surface area is 217 Å². The normalized spacial score (nSPS) is 13.4. The molecule has 0 aliphatic carbocycles. The minimum absolute atomic E-state index is 0. The molecular weight excluding hydrogens is 541 g/mol. The Morgan fingerprint density at radius 2 is 1.68 bits per heavy atom. The van der Waals surface area contributed by atoms with Crippen LogP contribution in [0, 0.1) is 0 Å². The average molecular weight is 571 g/mol. The van der Waals surface area contributed by atoms with Gasteiger partial charge in [-0.1, -0.05) is 30.3 Å². The predicted molar refractivity (Wildman–Crippen MR) is 145 cm³/mol. The monoisotopic (exact) mass is 571 g/mol. The number of nitrogens with zero attached hydrogens (tertiary/aromatic N) is 3. The highest BCUT2D eigenvalue weighted by atomic mass is 127. The lowest BCUT2D eigenvalue weighted by Crippen LogP contribution is -2.36. The van der Waals surface area contributed by atoms with Gasteiger partial charge >= 0.3 is 0 Å². The van der Waals surface area contributed by atoms with Crippen LogP contribution in [0.15, 0.2) is 77.9 Å². The van der Waals surface area contributed by atoms with Crippen molar-refractivity contribution < 1.29 is 9.53 Å². The Morgan fingerprint density at radius 3 is 2.24 bits per heavy atom. The lowest BCUT2D eigenvalue weighted by atomic mass is 10.2. The van der Waals surface area contributed by atoms with E-state index in [1.54, 1.807) is 13.2 Å². The van der Waals surface area contributed by atoms with Gasteiger partial charge < -0.3 is 20.3 Å². The van der Waals surface area contributed by atoms with Gasteiger partial charge in [0.25, 0.3) is 0 Å². The Balaban J connectivity index is 0.00000324. The number of amides is 1. The molecule has 0 atom stereocenters. The zero-order valence-corrected chi connectivity index (χ0v) is 21.6. The van der Waals surface area contributed by atoms with Gasteiger partial charge in [0.05, 0.1) is 5.69 Å². The second-order valence-corrected chi connectivity index (χ2v) is 7.85. The molecule has 1 aromatic heterocycles. The molecule has 8 heteroatoms. The van der Waals surface area contributed by atoms with Crippen molar-refractivity contribution in [2.45, 2.75) is 32.5 Å². The first kappa shape index (κ1) is 25.5. The average Bonchev–Trinajstić information content (AvgIpc) is 3.30. The molecule has 2 heterocycles. The minimum Gasteiger partial charge on any atom is -0.487 e. The number of aliphatic imine (C=N–C) groups is 1. The maximum absolute atomic E-state index is 11.9. The molecule has 0 spiro atoms. The van der Waals surface area contributed by atoms with Crippen LogP contribution in [0.2, 0.25) is 0 Å². The predicted octanol–water partition coefficient (Wildman–Crippen LogP) is 4.27. The van der Waals surface area contributed by atoms with Crippen LogP contribution in [-0.4, -0.2) is 30.4 Å². The zero-order chi connectivity index (χ0) is 22.9. The summed E-state index contributed by atoms with van der Waals surface area (Å²) in [6.07, 6.45) is 3.34. The summed E-state index contributed by atoms with van der Waals surface area (Å²) in [7, 11) is 1.76. The molecule has 1 aliphatic heterocycles. The Kier molecular flexibility index (Phi) is 9.69. The molecule has 0 bridgehead atoms. The number of pyridine rings is 1. The van der Waals surface area contributed by atoms with Crippen molar-refractivity contribution in [2.24, 2.45) is 4.99 Å². The topological polar surface area (TPSA) is 78.9 Å². The van der Waals surface area contributed by atoms with Gasteiger partial charge in [-0.2, -0.15) is 0 Å². The van der Waals surface area contributed by atoms with Crippen LogP contribution < -0.4 is 20.3 Å². The lowest BCUT2D eigenvalue weighted by Gasteiger charge is -2.16. The molecule has 2 N–H and O–H groups in total. The molecule has 1 fully saturated rings. The van der Waals surface area contributed by atoms with Crippen molar-refractivity contribution in [3.05, 3.63) is 89.7 Å². The molecule has 34 heavy (non-hydrogen) atoms. The second-order valence-electron chi connectivity index (χ2n) is 7.85. The number of halogens is 1. The zero-order valence-electron chi connectivity index (χ0n) is 19.2. The van der Waals surface area contributed by atoms with E-state index >= 15 is 0 Å². The molecule has 0 saturated carbocycles. The maximum atomic E-state index is 11.9. The Hall–Kier alpha value is -3.14. The molecule has 4 rings (SSSR count). The molecule has 2 aromatic carbocycles. The third-order valence-electron chi connectivity index (χ3n) is 5.50. The molecule has 1 amide bonds. The van der Waals surface area contributed by atoms with E-state index in [9.17, 15) is 4.79 Å². The van der Waals surface area contributed by atoms with Crippen LogP contribution in [0.3, 0.4) is 0 Å². The summed E-state index contributed by atoms with van der Waals surface area (Å²) < 4.78 is 5.79. The third-order valence-corrected chi connectivity index (χ3v) is 5.50. The van der Waals surface area contributed by atoms with Crippen LogP contribution in [-0.2, 0) is 24.5 Å². The van der Waals surface area contributed by atoms with Crippen molar-refractivity contribution in [2.75, 3.05) is 18.5 Å². The summed E-state index contributed by atoms with van der Waals surface area (Å²) >= 11 is 0. The number of aromatic nitrogens is 1. The minimum atomic E-state index is 0. The lowest BCUT2D eigenvalue weighted by molar-refractivity contribution is -0.117. The van der Waals surface area contributed by atoms with Gasteiger partial charge in [-0.15, -0.1) is 24.0 Å². The van der Waals surface area contributed by atoms with E-state index in [2.05, 4.69) is 20.6 Å². The maximum Gasteiger partial charge on any atom is 0.227 e. The number of guanidine groups is 1. The number of benzene rings is 2. The molecule has 1 saturated heterocycles. The molecule has 178 valence electrons. The van der Waals surface area contributed by atoms with Gasteiger partial charge in [-0.25, -0.2) is 0 Å². The van der Waals surface area contributed by atoms with E-state index < -0.39 is 0 Å². The first-order chi connectivity index (χ1) is 16.2. The fourth-order valence-electron chi connectivity index (χ4n) is 3.65. The van der Waals surface area contributed by atoms with Gasteiger partial charge in [0.2, 0.25) is 5.91 Å². The van der Waals surface area contributed by atoms with Crippen molar-refractivity contribution in [3.63, 3.8) is 0 Å². The van der Waals surface area contributed by atoms with Gasteiger partial charge in [0.15, 0.2) is 5.96 Å². The highest BCUT2D eigenvalue weighted by Crippen LogP contribution is 2.21. The third kappa shape index (κ3) is 7.18. The van der Waals surface area contributed by atoms with E-state index in [1.165, 1.54) is 0 Å². The molecule has 7 nitrogen and oxygen atoms in total. The number of hydrogen-bond donors (Lipinski definition) is 2.